The van der Waals surface area contributed by atoms with Gasteiger partial charge in [0, 0.05) is 18.8 Å². The predicted molar refractivity (Wildman–Crippen MR) is 166 cm³/mol. The zero-order valence-corrected chi connectivity index (χ0v) is 25.3. The molecule has 0 bridgehead atoms. The van der Waals surface area contributed by atoms with Gasteiger partial charge < -0.3 is 25.8 Å². The molecule has 0 aliphatic carbocycles. The minimum Gasteiger partial charge on any atom is -0.462 e. The number of nitrogens with two attached hydrogens (primary N) is 2. The van der Waals surface area contributed by atoms with Gasteiger partial charge in [0.15, 0.2) is 11.9 Å². The summed E-state index contributed by atoms with van der Waals surface area (Å²) in [6.45, 7) is 3.51. The highest BCUT2D eigenvalue weighted by atomic mass is 16.6. The molecular weight excluding hydrogens is 532 g/mol. The monoisotopic (exact) mass is 582 g/mol. The van der Waals surface area contributed by atoms with Crippen molar-refractivity contribution in [3.8, 4) is 0 Å². The Bertz CT molecular complexity index is 1070. The van der Waals surface area contributed by atoms with Gasteiger partial charge in [-0.3, -0.25) is 5.41 Å². The maximum absolute atomic E-state index is 13.3. The average molecular weight is 583 g/mol. The van der Waals surface area contributed by atoms with Gasteiger partial charge in [-0.1, -0.05) is 95.0 Å². The lowest BCUT2D eigenvalue weighted by atomic mass is 9.96. The van der Waals surface area contributed by atoms with Crippen molar-refractivity contribution in [2.24, 2.45) is 16.5 Å². The van der Waals surface area contributed by atoms with Crippen molar-refractivity contribution in [1.82, 2.24) is 9.80 Å². The summed E-state index contributed by atoms with van der Waals surface area (Å²) in [6.07, 6.45) is 14.0. The smallest absolute Gasteiger partial charge is 0.416 e. The summed E-state index contributed by atoms with van der Waals surface area (Å²) >= 11 is 0. The molecule has 0 radical (unpaired) electrons. The lowest BCUT2D eigenvalue weighted by Crippen LogP contribution is -2.42. The van der Waals surface area contributed by atoms with Gasteiger partial charge in [0.2, 0.25) is 0 Å². The molecule has 1 aromatic carbocycles. The third-order valence-electron chi connectivity index (χ3n) is 7.86. The molecule has 1 unspecified atom stereocenters. The number of unbranched alkanes of at least 4 members (excludes halogenated alkanes) is 9. The molecule has 1 amide bonds. The first kappa shape index (κ1) is 32.9. The number of carbonyl (C=O) groups excluding carboxylic acids is 2. The van der Waals surface area contributed by atoms with E-state index in [4.69, 9.17) is 31.3 Å². The number of hydrogen-bond acceptors (Lipinski definition) is 8. The Morgan fingerprint density at radius 2 is 1.69 bits per heavy atom. The second kappa shape index (κ2) is 18.1. The number of hydrogen-bond donors (Lipinski definition) is 3. The number of benzene rings is 1. The van der Waals surface area contributed by atoms with Gasteiger partial charge in [-0.15, -0.1) is 0 Å². The Morgan fingerprint density at radius 1 is 1.00 bits per heavy atom. The molecule has 2 aliphatic rings. The number of esters is 1. The van der Waals surface area contributed by atoms with Crippen LogP contribution in [0.15, 0.2) is 46.6 Å². The number of ether oxygens (including phenoxy) is 2. The summed E-state index contributed by atoms with van der Waals surface area (Å²) in [5.41, 5.74) is 14.4. The van der Waals surface area contributed by atoms with Crippen LogP contribution in [0.1, 0.15) is 102 Å². The SMILES string of the molecule is CCCCCCCCCCCC1N=C(N)N2CCCC2=C1C(=O)OCCCCN(C(=N)N)C(=O)OCc1ccccc1. The van der Waals surface area contributed by atoms with E-state index in [-0.39, 0.29) is 37.7 Å². The number of allylic oxidation sites excluding steroid dienone is 1. The van der Waals surface area contributed by atoms with Crippen molar-refractivity contribution >= 4 is 24.0 Å². The third-order valence-corrected chi connectivity index (χ3v) is 7.86. The molecule has 1 aromatic rings. The predicted octanol–water partition coefficient (Wildman–Crippen LogP) is 5.81. The van der Waals surface area contributed by atoms with Crippen LogP contribution in [0.4, 0.5) is 4.79 Å². The Labute approximate surface area is 251 Å². The highest BCUT2D eigenvalue weighted by molar-refractivity contribution is 5.95. The zero-order chi connectivity index (χ0) is 30.2. The molecule has 5 N–H and O–H groups in total. The van der Waals surface area contributed by atoms with E-state index in [1.165, 1.54) is 44.9 Å². The molecular formula is C32H50N6O4. The first-order chi connectivity index (χ1) is 20.4. The van der Waals surface area contributed by atoms with Crippen molar-refractivity contribution in [3.05, 3.63) is 47.2 Å². The molecule has 232 valence electrons. The maximum atomic E-state index is 13.3. The molecule has 0 spiro atoms. The number of nitrogens with zero attached hydrogens (tertiary/aromatic N) is 3. The van der Waals surface area contributed by atoms with Crippen LogP contribution in [0, 0.1) is 5.41 Å². The summed E-state index contributed by atoms with van der Waals surface area (Å²) in [5, 5.41) is 7.77. The number of nitrogens with one attached hydrogen (secondary N) is 1. The standard InChI is InChI=1S/C32H50N6O4/c1-2-3-4-5-6-7-8-9-13-19-26-28(27-20-16-22-37(27)31(35)36-26)29(39)41-23-15-14-21-38(30(33)34)32(40)42-24-25-17-11-10-12-18-25/h10-12,17-18,26H,2-9,13-16,19-24H2,1H3,(H3,33,34)(H2,35,36). The number of fused-ring (bicyclic) bond motifs is 1. The largest absolute Gasteiger partial charge is 0.462 e. The average Bonchev–Trinajstić information content (AvgIpc) is 3.47. The van der Waals surface area contributed by atoms with E-state index < -0.39 is 6.09 Å². The molecule has 42 heavy (non-hydrogen) atoms. The van der Waals surface area contributed by atoms with Gasteiger partial charge in [-0.05, 0) is 37.7 Å². The van der Waals surface area contributed by atoms with Gasteiger partial charge in [0.1, 0.15) is 6.61 Å². The highest BCUT2D eigenvalue weighted by Crippen LogP contribution is 2.33. The number of guanidine groups is 2. The Morgan fingerprint density at radius 3 is 2.38 bits per heavy atom. The number of carbonyl (C=O) groups is 2. The topological polar surface area (TPSA) is 147 Å². The molecule has 0 saturated carbocycles. The molecule has 10 nitrogen and oxygen atoms in total. The van der Waals surface area contributed by atoms with E-state index in [0.29, 0.717) is 24.4 Å². The van der Waals surface area contributed by atoms with Crippen molar-refractivity contribution in [1.29, 1.82) is 5.41 Å². The minimum absolute atomic E-state index is 0.0999. The summed E-state index contributed by atoms with van der Waals surface area (Å²) in [6, 6.07) is 9.06. The molecule has 3 rings (SSSR count). The Kier molecular flexibility index (Phi) is 14.2. The minimum atomic E-state index is -0.673. The number of rotatable bonds is 18. The van der Waals surface area contributed by atoms with Gasteiger partial charge in [-0.2, -0.15) is 0 Å². The number of aliphatic imine (C=N–C) groups is 1. The van der Waals surface area contributed by atoms with E-state index >= 15 is 0 Å². The van der Waals surface area contributed by atoms with Crippen molar-refractivity contribution < 1.29 is 19.1 Å². The normalized spacial score (nSPS) is 16.2. The second-order valence-corrected chi connectivity index (χ2v) is 11.2. The maximum Gasteiger partial charge on any atom is 0.416 e. The highest BCUT2D eigenvalue weighted by Gasteiger charge is 2.36. The molecule has 2 heterocycles. The Hall–Kier alpha value is -3.56. The van der Waals surface area contributed by atoms with Crippen molar-refractivity contribution in [3.63, 3.8) is 0 Å². The van der Waals surface area contributed by atoms with Gasteiger partial charge >= 0.3 is 12.1 Å². The van der Waals surface area contributed by atoms with Crippen LogP contribution in [0.5, 0.6) is 0 Å². The molecule has 1 saturated heterocycles. The molecule has 10 heteroatoms. The Balaban J connectivity index is 1.43. The van der Waals surface area contributed by atoms with E-state index in [1.807, 2.05) is 35.2 Å². The van der Waals surface area contributed by atoms with Crippen LogP contribution in [-0.2, 0) is 20.9 Å². The fourth-order valence-corrected chi connectivity index (χ4v) is 5.53. The second-order valence-electron chi connectivity index (χ2n) is 11.2. The molecule has 0 aromatic heterocycles. The lowest BCUT2D eigenvalue weighted by Gasteiger charge is -2.30. The van der Waals surface area contributed by atoms with E-state index in [2.05, 4.69) is 6.92 Å². The fraction of sp³-hybridized carbons (Fsp3) is 0.625. The van der Waals surface area contributed by atoms with Crippen molar-refractivity contribution in [2.45, 2.75) is 109 Å². The van der Waals surface area contributed by atoms with Crippen LogP contribution in [0.3, 0.4) is 0 Å². The summed E-state index contributed by atoms with van der Waals surface area (Å²) in [7, 11) is 0. The first-order valence-electron chi connectivity index (χ1n) is 15.8. The van der Waals surface area contributed by atoms with Gasteiger partial charge in [0.05, 0.1) is 18.2 Å². The molecule has 1 atom stereocenters. The summed E-state index contributed by atoms with van der Waals surface area (Å²) < 4.78 is 11.0. The summed E-state index contributed by atoms with van der Waals surface area (Å²) in [4.78, 5) is 33.5. The summed E-state index contributed by atoms with van der Waals surface area (Å²) in [5.74, 6) is -0.210. The molecule has 2 aliphatic heterocycles. The number of amides is 1. The zero-order valence-electron chi connectivity index (χ0n) is 25.3. The van der Waals surface area contributed by atoms with Crippen LogP contribution >= 0.6 is 0 Å². The fourth-order valence-electron chi connectivity index (χ4n) is 5.53. The van der Waals surface area contributed by atoms with Gasteiger partial charge in [0.25, 0.3) is 0 Å². The third kappa shape index (κ3) is 10.4. The molecule has 1 fully saturated rings. The lowest BCUT2D eigenvalue weighted by molar-refractivity contribution is -0.139. The van der Waals surface area contributed by atoms with E-state index in [0.717, 1.165) is 54.8 Å². The van der Waals surface area contributed by atoms with Gasteiger partial charge in [-0.25, -0.2) is 19.5 Å². The van der Waals surface area contributed by atoms with Crippen LogP contribution in [0.2, 0.25) is 0 Å². The van der Waals surface area contributed by atoms with E-state index in [9.17, 15) is 9.59 Å². The first-order valence-corrected chi connectivity index (χ1v) is 15.8. The van der Waals surface area contributed by atoms with Crippen molar-refractivity contribution in [2.75, 3.05) is 19.7 Å². The van der Waals surface area contributed by atoms with Crippen LogP contribution in [0.25, 0.3) is 0 Å². The van der Waals surface area contributed by atoms with E-state index in [1.54, 1.807) is 0 Å². The quantitative estimate of drug-likeness (QED) is 0.0856. The van der Waals surface area contributed by atoms with Crippen LogP contribution in [-0.4, -0.2) is 59.5 Å². The van der Waals surface area contributed by atoms with Crippen LogP contribution < -0.4 is 11.5 Å².